The van der Waals surface area contributed by atoms with Gasteiger partial charge in [0.05, 0.1) is 23.3 Å². The Hall–Kier alpha value is -0.700. The minimum atomic E-state index is -0.320. The van der Waals surface area contributed by atoms with Crippen LogP contribution in [-0.4, -0.2) is 18.2 Å². The fourth-order valence-electron chi connectivity index (χ4n) is 1.70. The average molecular weight is 525 g/mol. The number of halogens is 3. The summed E-state index contributed by atoms with van der Waals surface area (Å²) in [6.45, 7) is 3.70. The Morgan fingerprint density at radius 2 is 1.91 bits per heavy atom. The van der Waals surface area contributed by atoms with Crippen LogP contribution in [0.25, 0.3) is 0 Å². The molecule has 1 aromatic heterocycles. The third-order valence-electron chi connectivity index (χ3n) is 2.77. The minimum Gasteiger partial charge on any atom is -0.481 e. The maximum absolute atomic E-state index is 11.9. The maximum atomic E-state index is 11.9. The molecule has 0 fully saturated rings. The summed E-state index contributed by atoms with van der Waals surface area (Å²) in [4.78, 5) is 12.9. The van der Waals surface area contributed by atoms with Crippen molar-refractivity contribution in [2.24, 2.45) is 5.10 Å². The second kappa shape index (κ2) is 8.41. The fraction of sp³-hybridized carbons (Fsp3) is 0.200. The SMILES string of the molecule is C/C(=N\NC(=O)COc1c(Br)cc(C)cc1Br)c1ccc(Br)s1. The molecule has 122 valence electrons. The van der Waals surface area contributed by atoms with Gasteiger partial charge in [0.25, 0.3) is 5.91 Å². The quantitative estimate of drug-likeness (QED) is 0.428. The molecule has 1 amide bonds. The number of carbonyl (C=O) groups excluding carboxylic acids is 1. The highest BCUT2D eigenvalue weighted by Crippen LogP contribution is 2.34. The zero-order chi connectivity index (χ0) is 17.0. The number of rotatable bonds is 5. The van der Waals surface area contributed by atoms with Crippen LogP contribution in [0.15, 0.2) is 42.1 Å². The number of carbonyl (C=O) groups is 1. The Bertz CT molecular complexity index is 736. The van der Waals surface area contributed by atoms with Crippen LogP contribution in [0.4, 0.5) is 0 Å². The minimum absolute atomic E-state index is 0.120. The molecule has 0 radical (unpaired) electrons. The van der Waals surface area contributed by atoms with Crippen molar-refractivity contribution in [2.45, 2.75) is 13.8 Å². The van der Waals surface area contributed by atoms with Gasteiger partial charge in [-0.1, -0.05) is 0 Å². The molecule has 1 aromatic carbocycles. The van der Waals surface area contributed by atoms with Crippen LogP contribution in [0.1, 0.15) is 17.4 Å². The van der Waals surface area contributed by atoms with E-state index in [0.717, 1.165) is 28.9 Å². The van der Waals surface area contributed by atoms with Crippen molar-refractivity contribution in [3.63, 3.8) is 0 Å². The van der Waals surface area contributed by atoms with Gasteiger partial charge in [-0.2, -0.15) is 5.10 Å². The summed E-state index contributed by atoms with van der Waals surface area (Å²) in [5.74, 6) is 0.271. The molecule has 0 aliphatic rings. The molecule has 0 saturated heterocycles. The second-order valence-electron chi connectivity index (χ2n) is 4.68. The highest BCUT2D eigenvalue weighted by Gasteiger charge is 2.10. The van der Waals surface area contributed by atoms with Gasteiger partial charge < -0.3 is 4.74 Å². The van der Waals surface area contributed by atoms with Gasteiger partial charge in [-0.25, -0.2) is 5.43 Å². The van der Waals surface area contributed by atoms with E-state index < -0.39 is 0 Å². The molecule has 0 spiro atoms. The number of benzene rings is 1. The molecule has 1 N–H and O–H groups in total. The lowest BCUT2D eigenvalue weighted by Crippen LogP contribution is -2.25. The zero-order valence-electron chi connectivity index (χ0n) is 12.3. The van der Waals surface area contributed by atoms with Gasteiger partial charge in [-0.15, -0.1) is 11.3 Å². The topological polar surface area (TPSA) is 50.7 Å². The van der Waals surface area contributed by atoms with Crippen molar-refractivity contribution < 1.29 is 9.53 Å². The van der Waals surface area contributed by atoms with E-state index in [9.17, 15) is 4.79 Å². The number of hydrazone groups is 1. The normalized spacial score (nSPS) is 11.4. The molecule has 0 unspecified atom stereocenters. The van der Waals surface area contributed by atoms with E-state index in [1.165, 1.54) is 0 Å². The Morgan fingerprint density at radius 1 is 1.26 bits per heavy atom. The van der Waals surface area contributed by atoms with Gasteiger partial charge in [0, 0.05) is 0 Å². The second-order valence-corrected chi connectivity index (χ2v) is 8.85. The van der Waals surface area contributed by atoms with Crippen molar-refractivity contribution in [1.29, 1.82) is 0 Å². The van der Waals surface area contributed by atoms with Crippen LogP contribution in [-0.2, 0) is 4.79 Å². The molecule has 0 bridgehead atoms. The molecular weight excluding hydrogens is 512 g/mol. The van der Waals surface area contributed by atoms with E-state index in [2.05, 4.69) is 58.3 Å². The Kier molecular flexibility index (Phi) is 6.82. The lowest BCUT2D eigenvalue weighted by atomic mass is 10.2. The van der Waals surface area contributed by atoms with Gasteiger partial charge in [0.2, 0.25) is 0 Å². The molecule has 2 rings (SSSR count). The molecule has 2 aromatic rings. The summed E-state index contributed by atoms with van der Waals surface area (Å²) in [6.07, 6.45) is 0. The highest BCUT2D eigenvalue weighted by molar-refractivity contribution is 9.11. The first-order valence-corrected chi connectivity index (χ1v) is 9.73. The molecule has 0 aliphatic carbocycles. The Balaban J connectivity index is 1.93. The largest absolute Gasteiger partial charge is 0.481 e. The lowest BCUT2D eigenvalue weighted by molar-refractivity contribution is -0.123. The number of nitrogens with zero attached hydrogens (tertiary/aromatic N) is 1. The van der Waals surface area contributed by atoms with Crippen LogP contribution in [0.2, 0.25) is 0 Å². The number of thiophene rings is 1. The zero-order valence-corrected chi connectivity index (χ0v) is 17.9. The van der Waals surface area contributed by atoms with E-state index >= 15 is 0 Å². The number of aryl methyl sites for hydroxylation is 1. The van der Waals surface area contributed by atoms with E-state index in [0.29, 0.717) is 5.75 Å². The standard InChI is InChI=1S/C15H13Br3N2O2S/c1-8-5-10(16)15(11(17)6-8)22-7-14(21)20-19-9(2)12-3-4-13(18)23-12/h3-6H,7H2,1-2H3,(H,20,21)/b19-9+. The molecule has 0 aliphatic heterocycles. The third-order valence-corrected chi connectivity index (χ3v) is 5.68. The van der Waals surface area contributed by atoms with Crippen molar-refractivity contribution in [2.75, 3.05) is 6.61 Å². The van der Waals surface area contributed by atoms with Crippen LogP contribution in [0.5, 0.6) is 5.75 Å². The smallest absolute Gasteiger partial charge is 0.277 e. The van der Waals surface area contributed by atoms with E-state index in [-0.39, 0.29) is 12.5 Å². The van der Waals surface area contributed by atoms with Gasteiger partial charge in [-0.05, 0) is 91.5 Å². The van der Waals surface area contributed by atoms with Crippen LogP contribution >= 0.6 is 59.1 Å². The summed E-state index contributed by atoms with van der Waals surface area (Å²) < 4.78 is 8.15. The highest BCUT2D eigenvalue weighted by atomic mass is 79.9. The van der Waals surface area contributed by atoms with Crippen LogP contribution in [0, 0.1) is 6.92 Å². The van der Waals surface area contributed by atoms with Crippen molar-refractivity contribution in [1.82, 2.24) is 5.43 Å². The summed E-state index contributed by atoms with van der Waals surface area (Å²) in [5, 5.41) is 4.08. The predicted octanol–water partition coefficient (Wildman–Crippen LogP) is 5.26. The van der Waals surface area contributed by atoms with Gasteiger partial charge in [0.15, 0.2) is 6.61 Å². The van der Waals surface area contributed by atoms with Gasteiger partial charge >= 0.3 is 0 Å². The van der Waals surface area contributed by atoms with Gasteiger partial charge in [0.1, 0.15) is 5.75 Å². The third kappa shape index (κ3) is 5.41. The number of nitrogens with one attached hydrogen (secondary N) is 1. The first kappa shape index (κ1) is 18.6. The molecule has 0 atom stereocenters. The Labute approximate surface area is 163 Å². The lowest BCUT2D eigenvalue weighted by Gasteiger charge is -2.10. The van der Waals surface area contributed by atoms with Crippen LogP contribution < -0.4 is 10.2 Å². The molecule has 1 heterocycles. The summed E-state index contributed by atoms with van der Waals surface area (Å²) in [6, 6.07) is 7.73. The van der Waals surface area contributed by atoms with Crippen molar-refractivity contribution >= 4 is 70.7 Å². The van der Waals surface area contributed by atoms with E-state index in [1.54, 1.807) is 11.3 Å². The van der Waals surface area contributed by atoms with Gasteiger partial charge in [-0.3, -0.25) is 4.79 Å². The summed E-state index contributed by atoms with van der Waals surface area (Å²) >= 11 is 11.8. The number of amides is 1. The first-order valence-electron chi connectivity index (χ1n) is 6.54. The number of ether oxygens (including phenoxy) is 1. The first-order chi connectivity index (χ1) is 10.9. The van der Waals surface area contributed by atoms with E-state index in [4.69, 9.17) is 4.74 Å². The molecule has 0 saturated carbocycles. The fourth-order valence-corrected chi connectivity index (χ4v) is 4.68. The number of hydrogen-bond donors (Lipinski definition) is 1. The summed E-state index contributed by atoms with van der Waals surface area (Å²) in [7, 11) is 0. The van der Waals surface area contributed by atoms with Crippen molar-refractivity contribution in [3.05, 3.63) is 47.4 Å². The maximum Gasteiger partial charge on any atom is 0.277 e. The molecule has 8 heteroatoms. The summed E-state index contributed by atoms with van der Waals surface area (Å²) in [5.41, 5.74) is 4.32. The Morgan fingerprint density at radius 3 is 2.48 bits per heavy atom. The van der Waals surface area contributed by atoms with Crippen LogP contribution in [0.3, 0.4) is 0 Å². The number of hydrogen-bond acceptors (Lipinski definition) is 4. The molecule has 4 nitrogen and oxygen atoms in total. The monoisotopic (exact) mass is 522 g/mol. The molecule has 23 heavy (non-hydrogen) atoms. The molecular formula is C15H13Br3N2O2S. The predicted molar refractivity (Wildman–Crippen MR) is 104 cm³/mol. The van der Waals surface area contributed by atoms with Crippen molar-refractivity contribution in [3.8, 4) is 5.75 Å². The van der Waals surface area contributed by atoms with E-state index in [1.807, 2.05) is 38.1 Å². The average Bonchev–Trinajstić information content (AvgIpc) is 2.90.